The Kier molecular flexibility index (Phi) is 6.77. The van der Waals surface area contributed by atoms with E-state index in [0.29, 0.717) is 6.61 Å². The number of hydrogen-bond acceptors (Lipinski definition) is 3. The van der Waals surface area contributed by atoms with E-state index < -0.39 is 0 Å². The Bertz CT molecular complexity index is 342. The summed E-state index contributed by atoms with van der Waals surface area (Å²) in [6.07, 6.45) is 0.235. The summed E-state index contributed by atoms with van der Waals surface area (Å²) in [4.78, 5) is 11.2. The fraction of sp³-hybridized carbons (Fsp3) is 0.417. The molecule has 0 bridgehead atoms. The highest BCUT2D eigenvalue weighted by Gasteiger charge is 2.13. The second-order valence-electron chi connectivity index (χ2n) is 3.47. The molecule has 1 aromatic rings. The van der Waals surface area contributed by atoms with E-state index in [1.165, 1.54) is 0 Å². The van der Waals surface area contributed by atoms with Gasteiger partial charge in [-0.1, -0.05) is 24.3 Å². The summed E-state index contributed by atoms with van der Waals surface area (Å²) in [5.41, 5.74) is 8.04. The van der Waals surface area contributed by atoms with Gasteiger partial charge in [0, 0.05) is 6.04 Å². The highest BCUT2D eigenvalue weighted by Crippen LogP contribution is 2.18. The minimum absolute atomic E-state index is 0. The fourth-order valence-electron chi connectivity index (χ4n) is 1.51. The van der Waals surface area contributed by atoms with Gasteiger partial charge in [0.05, 0.1) is 13.0 Å². The minimum Gasteiger partial charge on any atom is -0.466 e. The van der Waals surface area contributed by atoms with E-state index in [9.17, 15) is 4.79 Å². The molecule has 3 nitrogen and oxygen atoms in total. The van der Waals surface area contributed by atoms with Crippen LogP contribution >= 0.6 is 12.4 Å². The first-order valence-electron chi connectivity index (χ1n) is 5.12. The van der Waals surface area contributed by atoms with E-state index in [-0.39, 0.29) is 30.8 Å². The summed E-state index contributed by atoms with van der Waals surface area (Å²) < 4.78 is 4.85. The predicted molar refractivity (Wildman–Crippen MR) is 66.6 cm³/mol. The third kappa shape index (κ3) is 4.21. The molecule has 0 spiro atoms. The van der Waals surface area contributed by atoms with Gasteiger partial charge in [-0.2, -0.15) is 0 Å². The van der Waals surface area contributed by atoms with Gasteiger partial charge in [-0.15, -0.1) is 12.4 Å². The molecule has 0 heterocycles. The predicted octanol–water partition coefficient (Wildman–Crippen LogP) is 2.37. The van der Waals surface area contributed by atoms with Gasteiger partial charge in [0.25, 0.3) is 0 Å². The quantitative estimate of drug-likeness (QED) is 0.826. The number of nitrogens with two attached hydrogens (primary N) is 1. The lowest BCUT2D eigenvalue weighted by atomic mass is 10.00. The van der Waals surface area contributed by atoms with Crippen LogP contribution in [0.25, 0.3) is 0 Å². The standard InChI is InChI=1S/C12H17NO2.ClH/c1-3-15-12(14)8-11(13)10-7-5-4-6-9(10)2;/h4-7,11H,3,8,13H2,1-2H3;1H/t11-;/m0./s1. The lowest BCUT2D eigenvalue weighted by molar-refractivity contribution is -0.143. The molecule has 0 aliphatic rings. The van der Waals surface area contributed by atoms with Gasteiger partial charge in [0.2, 0.25) is 0 Å². The third-order valence-electron chi connectivity index (χ3n) is 2.28. The van der Waals surface area contributed by atoms with E-state index in [0.717, 1.165) is 11.1 Å². The van der Waals surface area contributed by atoms with Crippen LogP contribution in [0.2, 0.25) is 0 Å². The molecule has 0 radical (unpaired) electrons. The first-order valence-corrected chi connectivity index (χ1v) is 5.12. The molecule has 90 valence electrons. The zero-order valence-corrected chi connectivity index (χ0v) is 10.4. The number of ether oxygens (including phenoxy) is 1. The maximum absolute atomic E-state index is 11.2. The summed E-state index contributed by atoms with van der Waals surface area (Å²) >= 11 is 0. The highest BCUT2D eigenvalue weighted by atomic mass is 35.5. The van der Waals surface area contributed by atoms with Gasteiger partial charge in [0.15, 0.2) is 0 Å². The summed E-state index contributed by atoms with van der Waals surface area (Å²) in [6.45, 7) is 4.18. The first kappa shape index (κ1) is 14.9. The number of carbonyl (C=O) groups excluding carboxylic acids is 1. The molecule has 16 heavy (non-hydrogen) atoms. The van der Waals surface area contributed by atoms with Crippen LogP contribution in [0.3, 0.4) is 0 Å². The monoisotopic (exact) mass is 243 g/mol. The van der Waals surface area contributed by atoms with E-state index in [4.69, 9.17) is 10.5 Å². The Morgan fingerprint density at radius 2 is 2.06 bits per heavy atom. The van der Waals surface area contributed by atoms with E-state index in [2.05, 4.69) is 0 Å². The molecule has 1 atom stereocenters. The Labute approximate surface area is 102 Å². The molecular formula is C12H18ClNO2. The molecule has 4 heteroatoms. The minimum atomic E-state index is -0.273. The molecule has 0 aromatic heterocycles. The van der Waals surface area contributed by atoms with Crippen LogP contribution in [0.1, 0.15) is 30.5 Å². The number of benzene rings is 1. The van der Waals surface area contributed by atoms with E-state index >= 15 is 0 Å². The van der Waals surface area contributed by atoms with Gasteiger partial charge in [0.1, 0.15) is 0 Å². The number of halogens is 1. The zero-order chi connectivity index (χ0) is 11.3. The van der Waals surface area contributed by atoms with Crippen molar-refractivity contribution in [3.05, 3.63) is 35.4 Å². The topological polar surface area (TPSA) is 52.3 Å². The zero-order valence-electron chi connectivity index (χ0n) is 9.60. The van der Waals surface area contributed by atoms with Crippen LogP contribution in [0.5, 0.6) is 0 Å². The number of rotatable bonds is 4. The summed E-state index contributed by atoms with van der Waals surface area (Å²) in [7, 11) is 0. The van der Waals surface area contributed by atoms with Crippen molar-refractivity contribution in [2.45, 2.75) is 26.3 Å². The second-order valence-corrected chi connectivity index (χ2v) is 3.47. The van der Waals surface area contributed by atoms with Crippen LogP contribution in [0, 0.1) is 6.92 Å². The summed E-state index contributed by atoms with van der Waals surface area (Å²) in [5, 5.41) is 0. The molecular weight excluding hydrogens is 226 g/mol. The Morgan fingerprint density at radius 1 is 1.44 bits per heavy atom. The Morgan fingerprint density at radius 3 is 2.62 bits per heavy atom. The van der Waals surface area contributed by atoms with Gasteiger partial charge in [-0.3, -0.25) is 4.79 Å². The second kappa shape index (κ2) is 7.25. The Balaban J connectivity index is 0.00000225. The van der Waals surface area contributed by atoms with E-state index in [1.807, 2.05) is 31.2 Å². The van der Waals surface area contributed by atoms with Gasteiger partial charge < -0.3 is 10.5 Å². The average molecular weight is 244 g/mol. The van der Waals surface area contributed by atoms with E-state index in [1.54, 1.807) is 6.92 Å². The maximum atomic E-state index is 11.2. The van der Waals surface area contributed by atoms with Crippen LogP contribution in [0.15, 0.2) is 24.3 Å². The highest BCUT2D eigenvalue weighted by molar-refractivity contribution is 5.85. The number of carbonyl (C=O) groups is 1. The SMILES string of the molecule is CCOC(=O)C[C@H](N)c1ccccc1C.Cl. The molecule has 0 aliphatic heterocycles. The molecule has 2 N–H and O–H groups in total. The molecule has 0 saturated carbocycles. The van der Waals surface area contributed by atoms with Crippen molar-refractivity contribution < 1.29 is 9.53 Å². The first-order chi connectivity index (χ1) is 7.15. The Hall–Kier alpha value is -1.06. The summed E-state index contributed by atoms with van der Waals surface area (Å²) in [6, 6.07) is 7.54. The average Bonchev–Trinajstić information content (AvgIpc) is 2.18. The lowest BCUT2D eigenvalue weighted by Crippen LogP contribution is -2.18. The maximum Gasteiger partial charge on any atom is 0.307 e. The van der Waals surface area contributed by atoms with Crippen molar-refractivity contribution in [1.82, 2.24) is 0 Å². The molecule has 0 unspecified atom stereocenters. The van der Waals surface area contributed by atoms with Crippen molar-refractivity contribution in [1.29, 1.82) is 0 Å². The smallest absolute Gasteiger partial charge is 0.307 e. The number of aryl methyl sites for hydroxylation is 1. The van der Waals surface area contributed by atoms with Crippen molar-refractivity contribution in [2.75, 3.05) is 6.61 Å². The van der Waals surface area contributed by atoms with Crippen molar-refractivity contribution in [3.8, 4) is 0 Å². The van der Waals surface area contributed by atoms with Crippen LogP contribution in [-0.2, 0) is 9.53 Å². The lowest BCUT2D eigenvalue weighted by Gasteiger charge is -2.13. The molecule has 1 aromatic carbocycles. The van der Waals surface area contributed by atoms with Gasteiger partial charge in [-0.05, 0) is 25.0 Å². The number of esters is 1. The van der Waals surface area contributed by atoms with Crippen molar-refractivity contribution >= 4 is 18.4 Å². The molecule has 1 rings (SSSR count). The van der Waals surface area contributed by atoms with Gasteiger partial charge in [-0.25, -0.2) is 0 Å². The molecule has 0 saturated heterocycles. The van der Waals surface area contributed by atoms with Crippen LogP contribution < -0.4 is 5.73 Å². The molecule has 0 fully saturated rings. The largest absolute Gasteiger partial charge is 0.466 e. The van der Waals surface area contributed by atoms with Gasteiger partial charge >= 0.3 is 5.97 Å². The molecule has 0 aliphatic carbocycles. The third-order valence-corrected chi connectivity index (χ3v) is 2.28. The van der Waals surface area contributed by atoms with Crippen molar-refractivity contribution in [2.24, 2.45) is 5.73 Å². The number of hydrogen-bond donors (Lipinski definition) is 1. The van der Waals surface area contributed by atoms with Crippen molar-refractivity contribution in [3.63, 3.8) is 0 Å². The van der Waals surface area contributed by atoms with Crippen LogP contribution in [-0.4, -0.2) is 12.6 Å². The fourth-order valence-corrected chi connectivity index (χ4v) is 1.51. The molecule has 0 amide bonds. The normalized spacial score (nSPS) is 11.4. The summed E-state index contributed by atoms with van der Waals surface area (Å²) in [5.74, 6) is -0.242. The van der Waals surface area contributed by atoms with Crippen LogP contribution in [0.4, 0.5) is 0 Å².